The summed E-state index contributed by atoms with van der Waals surface area (Å²) in [6, 6.07) is 4.59. The predicted molar refractivity (Wildman–Crippen MR) is 58.4 cm³/mol. The Hall–Kier alpha value is -1.42. The van der Waals surface area contributed by atoms with Crippen molar-refractivity contribution in [1.82, 2.24) is 14.5 Å². The predicted octanol–water partition coefficient (Wildman–Crippen LogP) is 1.79. The number of hydrogen-bond acceptors (Lipinski definition) is 3. The Balaban J connectivity index is 2.28. The molecule has 1 atom stereocenters. The van der Waals surface area contributed by atoms with E-state index in [-0.39, 0.29) is 6.04 Å². The molecule has 0 amide bonds. The van der Waals surface area contributed by atoms with Crippen molar-refractivity contribution in [1.29, 1.82) is 0 Å². The molecule has 0 aromatic carbocycles. The number of aromatic nitrogens is 3. The van der Waals surface area contributed by atoms with E-state index in [0.717, 1.165) is 17.0 Å². The van der Waals surface area contributed by atoms with E-state index in [1.54, 1.807) is 6.20 Å². The summed E-state index contributed by atoms with van der Waals surface area (Å²) in [7, 11) is 0. The van der Waals surface area contributed by atoms with Gasteiger partial charge in [-0.15, -0.1) is 0 Å². The fourth-order valence-electron chi connectivity index (χ4n) is 1.99. The molecule has 2 aromatic heterocycles. The first-order chi connectivity index (χ1) is 7.27. The number of imidazole rings is 1. The summed E-state index contributed by atoms with van der Waals surface area (Å²) in [5.74, 6) is 0.964. The molecule has 2 heterocycles. The monoisotopic (exact) mass is 202 g/mol. The minimum Gasteiger partial charge on any atom is -0.322 e. The van der Waals surface area contributed by atoms with Crippen LogP contribution in [0.3, 0.4) is 0 Å². The Morgan fingerprint density at radius 2 is 2.33 bits per heavy atom. The van der Waals surface area contributed by atoms with E-state index in [1.807, 2.05) is 13.0 Å². The third kappa shape index (κ3) is 1.33. The standard InChI is InChI=1S/C11H14N4/c1-7(12)11-14-10-9(3-2-6-13-10)15(11)8-4-5-8/h2-3,6-8H,4-5,12H2,1H3/t7-/m0/s1. The van der Waals surface area contributed by atoms with Gasteiger partial charge in [0.05, 0.1) is 11.6 Å². The summed E-state index contributed by atoms with van der Waals surface area (Å²) in [4.78, 5) is 8.77. The van der Waals surface area contributed by atoms with Crippen molar-refractivity contribution in [2.45, 2.75) is 31.8 Å². The van der Waals surface area contributed by atoms with Crippen molar-refractivity contribution in [3.63, 3.8) is 0 Å². The molecular formula is C11H14N4. The maximum atomic E-state index is 5.93. The van der Waals surface area contributed by atoms with Crippen molar-refractivity contribution < 1.29 is 0 Å². The molecule has 15 heavy (non-hydrogen) atoms. The molecule has 1 aliphatic carbocycles. The van der Waals surface area contributed by atoms with Crippen molar-refractivity contribution in [2.75, 3.05) is 0 Å². The second kappa shape index (κ2) is 3.03. The fraction of sp³-hybridized carbons (Fsp3) is 0.455. The summed E-state index contributed by atoms with van der Waals surface area (Å²) in [6.07, 6.45) is 4.25. The van der Waals surface area contributed by atoms with Crippen LogP contribution < -0.4 is 5.73 Å². The highest BCUT2D eigenvalue weighted by Crippen LogP contribution is 2.39. The Morgan fingerprint density at radius 3 is 3.00 bits per heavy atom. The quantitative estimate of drug-likeness (QED) is 0.807. The highest BCUT2D eigenvalue weighted by atomic mass is 15.2. The molecule has 0 saturated heterocycles. The van der Waals surface area contributed by atoms with E-state index in [0.29, 0.717) is 6.04 Å². The SMILES string of the molecule is C[C@H](N)c1nc2ncccc2n1C1CC1. The second-order valence-corrected chi connectivity index (χ2v) is 4.21. The minimum atomic E-state index is -0.0280. The highest BCUT2D eigenvalue weighted by molar-refractivity contribution is 5.71. The largest absolute Gasteiger partial charge is 0.322 e. The van der Waals surface area contributed by atoms with E-state index in [2.05, 4.69) is 20.6 Å². The lowest BCUT2D eigenvalue weighted by Crippen LogP contribution is -2.12. The van der Waals surface area contributed by atoms with Gasteiger partial charge >= 0.3 is 0 Å². The Labute approximate surface area is 88.1 Å². The van der Waals surface area contributed by atoms with Crippen molar-refractivity contribution in [3.8, 4) is 0 Å². The third-order valence-corrected chi connectivity index (χ3v) is 2.81. The molecule has 1 fully saturated rings. The first-order valence-electron chi connectivity index (χ1n) is 5.36. The molecule has 0 radical (unpaired) electrons. The van der Waals surface area contributed by atoms with Crippen LogP contribution in [0.4, 0.5) is 0 Å². The average molecular weight is 202 g/mol. The molecule has 1 saturated carbocycles. The van der Waals surface area contributed by atoms with Gasteiger partial charge in [-0.3, -0.25) is 0 Å². The van der Waals surface area contributed by atoms with Crippen LogP contribution in [0.5, 0.6) is 0 Å². The second-order valence-electron chi connectivity index (χ2n) is 4.21. The molecule has 4 heteroatoms. The first kappa shape index (κ1) is 8.85. The van der Waals surface area contributed by atoms with Crippen molar-refractivity contribution in [2.24, 2.45) is 5.73 Å². The smallest absolute Gasteiger partial charge is 0.177 e. The Morgan fingerprint density at radius 1 is 1.53 bits per heavy atom. The van der Waals surface area contributed by atoms with Crippen LogP contribution in [-0.2, 0) is 0 Å². The van der Waals surface area contributed by atoms with Gasteiger partial charge in [0.1, 0.15) is 5.82 Å². The molecule has 0 aliphatic heterocycles. The molecule has 2 aromatic rings. The summed E-state index contributed by atoms with van der Waals surface area (Å²) in [6.45, 7) is 1.97. The van der Waals surface area contributed by atoms with Crippen LogP contribution in [-0.4, -0.2) is 14.5 Å². The average Bonchev–Trinajstić information content (AvgIpc) is 2.98. The van der Waals surface area contributed by atoms with Crippen LogP contribution >= 0.6 is 0 Å². The van der Waals surface area contributed by atoms with Gasteiger partial charge in [-0.05, 0) is 31.9 Å². The molecule has 0 bridgehead atoms. The van der Waals surface area contributed by atoms with Gasteiger partial charge in [-0.1, -0.05) is 0 Å². The number of rotatable bonds is 2. The van der Waals surface area contributed by atoms with E-state index in [1.165, 1.54) is 12.8 Å². The van der Waals surface area contributed by atoms with E-state index in [4.69, 9.17) is 5.73 Å². The normalized spacial score (nSPS) is 18.3. The zero-order valence-corrected chi connectivity index (χ0v) is 8.72. The van der Waals surface area contributed by atoms with Crippen LogP contribution in [0.25, 0.3) is 11.2 Å². The maximum Gasteiger partial charge on any atom is 0.177 e. The summed E-state index contributed by atoms with van der Waals surface area (Å²) in [5, 5.41) is 0. The Kier molecular flexibility index (Phi) is 1.79. The van der Waals surface area contributed by atoms with Crippen LogP contribution in [0.15, 0.2) is 18.3 Å². The maximum absolute atomic E-state index is 5.93. The lowest BCUT2D eigenvalue weighted by atomic mass is 10.3. The number of fused-ring (bicyclic) bond motifs is 1. The zero-order valence-electron chi connectivity index (χ0n) is 8.72. The molecule has 4 nitrogen and oxygen atoms in total. The van der Waals surface area contributed by atoms with Crippen LogP contribution in [0.1, 0.15) is 37.7 Å². The number of nitrogens with two attached hydrogens (primary N) is 1. The Bertz CT molecular complexity index is 496. The minimum absolute atomic E-state index is 0.0280. The molecule has 1 aliphatic rings. The van der Waals surface area contributed by atoms with Gasteiger partial charge in [0, 0.05) is 12.2 Å². The van der Waals surface area contributed by atoms with Gasteiger partial charge in [-0.25, -0.2) is 9.97 Å². The highest BCUT2D eigenvalue weighted by Gasteiger charge is 2.29. The van der Waals surface area contributed by atoms with Crippen molar-refractivity contribution in [3.05, 3.63) is 24.2 Å². The van der Waals surface area contributed by atoms with E-state index in [9.17, 15) is 0 Å². The molecule has 3 rings (SSSR count). The van der Waals surface area contributed by atoms with Crippen LogP contribution in [0, 0.1) is 0 Å². The van der Waals surface area contributed by atoms with Crippen molar-refractivity contribution >= 4 is 11.2 Å². The molecule has 0 unspecified atom stereocenters. The number of hydrogen-bond donors (Lipinski definition) is 1. The number of nitrogens with zero attached hydrogens (tertiary/aromatic N) is 3. The fourth-order valence-corrected chi connectivity index (χ4v) is 1.99. The van der Waals surface area contributed by atoms with Gasteiger partial charge in [0.2, 0.25) is 0 Å². The van der Waals surface area contributed by atoms with E-state index >= 15 is 0 Å². The zero-order chi connectivity index (χ0) is 10.4. The third-order valence-electron chi connectivity index (χ3n) is 2.81. The van der Waals surface area contributed by atoms with Gasteiger partial charge < -0.3 is 10.3 Å². The molecule has 2 N–H and O–H groups in total. The molecule has 78 valence electrons. The summed E-state index contributed by atoms with van der Waals surface area (Å²) >= 11 is 0. The first-order valence-corrected chi connectivity index (χ1v) is 5.36. The van der Waals surface area contributed by atoms with E-state index < -0.39 is 0 Å². The topological polar surface area (TPSA) is 56.7 Å². The molecule has 0 spiro atoms. The lowest BCUT2D eigenvalue weighted by Gasteiger charge is -2.09. The van der Waals surface area contributed by atoms with Crippen LogP contribution in [0.2, 0.25) is 0 Å². The van der Waals surface area contributed by atoms with Gasteiger partial charge in [-0.2, -0.15) is 0 Å². The summed E-state index contributed by atoms with van der Waals surface area (Å²) < 4.78 is 2.26. The van der Waals surface area contributed by atoms with Gasteiger partial charge in [0.15, 0.2) is 5.65 Å². The molecular weight excluding hydrogens is 188 g/mol. The lowest BCUT2D eigenvalue weighted by molar-refractivity contribution is 0.639. The summed E-state index contributed by atoms with van der Waals surface area (Å²) in [5.41, 5.74) is 7.87. The number of pyridine rings is 1. The van der Waals surface area contributed by atoms with Gasteiger partial charge in [0.25, 0.3) is 0 Å².